The molecule has 0 saturated carbocycles. The lowest BCUT2D eigenvalue weighted by molar-refractivity contribution is 1.33. The molecule has 1 N–H and O–H groups in total. The Bertz CT molecular complexity index is 976. The summed E-state index contributed by atoms with van der Waals surface area (Å²) in [5.74, 6) is 0.836. The van der Waals surface area contributed by atoms with Gasteiger partial charge in [0, 0.05) is 15.1 Å². The molecule has 0 radical (unpaired) electrons. The molecule has 0 aliphatic carbocycles. The van der Waals surface area contributed by atoms with Gasteiger partial charge in [-0.1, -0.05) is 66.2 Å². The minimum atomic E-state index is 0.680. The van der Waals surface area contributed by atoms with Gasteiger partial charge in [-0.15, -0.1) is 0 Å². The molecule has 3 aromatic carbocycles. The van der Waals surface area contributed by atoms with Crippen LogP contribution in [0, 0.1) is 0 Å². The zero-order valence-corrected chi connectivity index (χ0v) is 14.4. The van der Waals surface area contributed by atoms with Crippen molar-refractivity contribution in [2.75, 3.05) is 0 Å². The fraction of sp³-hybridized carbons (Fsp3) is 0. The first-order valence-corrected chi connectivity index (χ1v) is 8.38. The van der Waals surface area contributed by atoms with Crippen molar-refractivity contribution in [1.29, 1.82) is 0 Å². The summed E-state index contributed by atoms with van der Waals surface area (Å²) >= 11 is 9.60. The first-order chi connectivity index (χ1) is 11.2. The molecule has 1 aromatic heterocycles. The van der Waals surface area contributed by atoms with Gasteiger partial charge in [-0.05, 0) is 39.2 Å². The van der Waals surface area contributed by atoms with Crippen LogP contribution in [0.4, 0.5) is 0 Å². The minimum Gasteiger partial charge on any atom is -0.338 e. The highest BCUT2D eigenvalue weighted by molar-refractivity contribution is 9.10. The van der Waals surface area contributed by atoms with Crippen LogP contribution in [0.1, 0.15) is 0 Å². The Hall–Kier alpha value is -2.10. The van der Waals surface area contributed by atoms with E-state index in [4.69, 9.17) is 11.6 Å². The second kappa shape index (κ2) is 5.84. The van der Waals surface area contributed by atoms with Gasteiger partial charge in [0.1, 0.15) is 11.3 Å². The first kappa shape index (κ1) is 14.5. The van der Waals surface area contributed by atoms with E-state index in [-0.39, 0.29) is 0 Å². The third kappa shape index (κ3) is 2.78. The van der Waals surface area contributed by atoms with E-state index in [9.17, 15) is 0 Å². The summed E-state index contributed by atoms with van der Waals surface area (Å²) in [6.07, 6.45) is 0. The quantitative estimate of drug-likeness (QED) is 0.431. The van der Waals surface area contributed by atoms with Crippen LogP contribution in [0.2, 0.25) is 5.02 Å². The van der Waals surface area contributed by atoms with E-state index in [2.05, 4.69) is 62.3 Å². The van der Waals surface area contributed by atoms with E-state index in [1.165, 1.54) is 11.1 Å². The molecule has 1 heterocycles. The van der Waals surface area contributed by atoms with Crippen molar-refractivity contribution < 1.29 is 0 Å². The number of benzene rings is 3. The summed E-state index contributed by atoms with van der Waals surface area (Å²) in [5.41, 5.74) is 5.25. The largest absolute Gasteiger partial charge is 0.338 e. The van der Waals surface area contributed by atoms with Crippen molar-refractivity contribution in [3.05, 3.63) is 76.2 Å². The Morgan fingerprint density at radius 2 is 1.48 bits per heavy atom. The van der Waals surface area contributed by atoms with Gasteiger partial charge in [0.05, 0.1) is 5.52 Å². The molecule has 4 rings (SSSR count). The van der Waals surface area contributed by atoms with E-state index in [0.29, 0.717) is 5.02 Å². The summed E-state index contributed by atoms with van der Waals surface area (Å²) in [7, 11) is 0. The molecule has 0 amide bonds. The molecule has 2 nitrogen and oxygen atoms in total. The van der Waals surface area contributed by atoms with Crippen LogP contribution in [0.3, 0.4) is 0 Å². The lowest BCUT2D eigenvalue weighted by Crippen LogP contribution is -1.81. The van der Waals surface area contributed by atoms with Crippen LogP contribution in [0.5, 0.6) is 0 Å². The average Bonchev–Trinajstić information content (AvgIpc) is 3.00. The van der Waals surface area contributed by atoms with E-state index in [0.717, 1.165) is 26.9 Å². The molecule has 0 atom stereocenters. The maximum absolute atomic E-state index is 6.09. The molecule has 23 heavy (non-hydrogen) atoms. The number of aromatic nitrogens is 2. The summed E-state index contributed by atoms with van der Waals surface area (Å²) in [6, 6.07) is 22.4. The molecule has 0 bridgehead atoms. The number of fused-ring (bicyclic) bond motifs is 1. The molecule has 4 aromatic rings. The highest BCUT2D eigenvalue weighted by atomic mass is 79.9. The molecule has 0 saturated heterocycles. The van der Waals surface area contributed by atoms with Gasteiger partial charge in [-0.25, -0.2) is 4.98 Å². The zero-order chi connectivity index (χ0) is 15.8. The smallest absolute Gasteiger partial charge is 0.138 e. The standard InChI is InChI=1S/C19H12BrClN2/c20-16-10-15(21)11-17-18(16)23-19(22-17)14-8-6-13(7-9-14)12-4-2-1-3-5-12/h1-11H,(H,22,23). The molecular formula is C19H12BrClN2. The number of aromatic amines is 1. The van der Waals surface area contributed by atoms with Gasteiger partial charge in [0.15, 0.2) is 0 Å². The molecule has 0 spiro atoms. The summed E-state index contributed by atoms with van der Waals surface area (Å²) < 4.78 is 0.892. The number of nitrogens with zero attached hydrogens (tertiary/aromatic N) is 1. The Labute approximate surface area is 147 Å². The second-order valence-electron chi connectivity index (χ2n) is 5.31. The number of halogens is 2. The predicted octanol–water partition coefficient (Wildman–Crippen LogP) is 6.31. The monoisotopic (exact) mass is 382 g/mol. The van der Waals surface area contributed by atoms with Gasteiger partial charge in [0.25, 0.3) is 0 Å². The molecule has 112 valence electrons. The third-order valence-corrected chi connectivity index (χ3v) is 4.59. The van der Waals surface area contributed by atoms with E-state index < -0.39 is 0 Å². The Kier molecular flexibility index (Phi) is 3.68. The van der Waals surface area contributed by atoms with Crippen molar-refractivity contribution in [1.82, 2.24) is 9.97 Å². The number of rotatable bonds is 2. The highest BCUT2D eigenvalue weighted by Gasteiger charge is 2.09. The van der Waals surface area contributed by atoms with Crippen LogP contribution in [0.25, 0.3) is 33.5 Å². The predicted molar refractivity (Wildman–Crippen MR) is 99.7 cm³/mol. The molecule has 0 aliphatic rings. The maximum atomic E-state index is 6.09. The van der Waals surface area contributed by atoms with Crippen LogP contribution in [-0.2, 0) is 0 Å². The van der Waals surface area contributed by atoms with Crippen molar-refractivity contribution >= 4 is 38.6 Å². The second-order valence-corrected chi connectivity index (χ2v) is 6.60. The molecule has 0 aliphatic heterocycles. The summed E-state index contributed by atoms with van der Waals surface area (Å²) in [6.45, 7) is 0. The van der Waals surface area contributed by atoms with Crippen LogP contribution in [-0.4, -0.2) is 9.97 Å². The summed E-state index contributed by atoms with van der Waals surface area (Å²) in [4.78, 5) is 7.99. The lowest BCUT2D eigenvalue weighted by atomic mass is 10.0. The SMILES string of the molecule is Clc1cc(Br)c2nc(-c3ccc(-c4ccccc4)cc3)[nH]c2c1. The number of hydrogen-bond donors (Lipinski definition) is 1. The van der Waals surface area contributed by atoms with Gasteiger partial charge >= 0.3 is 0 Å². The van der Waals surface area contributed by atoms with Gasteiger partial charge in [0.2, 0.25) is 0 Å². The molecular weight excluding hydrogens is 372 g/mol. The normalized spacial score (nSPS) is 11.0. The van der Waals surface area contributed by atoms with Crippen molar-refractivity contribution in [3.8, 4) is 22.5 Å². The fourth-order valence-corrected chi connectivity index (χ4v) is 3.53. The topological polar surface area (TPSA) is 28.7 Å². The van der Waals surface area contributed by atoms with E-state index in [1.54, 1.807) is 0 Å². The number of H-pyrrole nitrogens is 1. The molecule has 0 fully saturated rings. The molecule has 0 unspecified atom stereocenters. The summed E-state index contributed by atoms with van der Waals surface area (Å²) in [5, 5.41) is 0.680. The number of nitrogens with one attached hydrogen (secondary N) is 1. The zero-order valence-electron chi connectivity index (χ0n) is 12.1. The number of hydrogen-bond acceptors (Lipinski definition) is 1. The van der Waals surface area contributed by atoms with Gasteiger partial charge in [-0.3, -0.25) is 0 Å². The van der Waals surface area contributed by atoms with Crippen LogP contribution in [0.15, 0.2) is 71.2 Å². The Morgan fingerprint density at radius 1 is 0.826 bits per heavy atom. The van der Waals surface area contributed by atoms with Gasteiger partial charge < -0.3 is 4.98 Å². The van der Waals surface area contributed by atoms with Crippen molar-refractivity contribution in [2.45, 2.75) is 0 Å². The fourth-order valence-electron chi connectivity index (χ4n) is 2.63. The minimum absolute atomic E-state index is 0.680. The Morgan fingerprint density at radius 3 is 2.22 bits per heavy atom. The Balaban J connectivity index is 1.75. The van der Waals surface area contributed by atoms with Crippen LogP contribution < -0.4 is 0 Å². The van der Waals surface area contributed by atoms with Crippen LogP contribution >= 0.6 is 27.5 Å². The van der Waals surface area contributed by atoms with Crippen molar-refractivity contribution in [2.24, 2.45) is 0 Å². The average molecular weight is 384 g/mol. The third-order valence-electron chi connectivity index (χ3n) is 3.77. The van der Waals surface area contributed by atoms with E-state index >= 15 is 0 Å². The van der Waals surface area contributed by atoms with Crippen molar-refractivity contribution in [3.63, 3.8) is 0 Å². The van der Waals surface area contributed by atoms with E-state index in [1.807, 2.05) is 30.3 Å². The lowest BCUT2D eigenvalue weighted by Gasteiger charge is -2.02. The highest BCUT2D eigenvalue weighted by Crippen LogP contribution is 2.30. The first-order valence-electron chi connectivity index (χ1n) is 7.21. The van der Waals surface area contributed by atoms with Gasteiger partial charge in [-0.2, -0.15) is 0 Å². The maximum Gasteiger partial charge on any atom is 0.138 e. The molecule has 4 heteroatoms. The number of imidazole rings is 1.